The fourth-order valence-electron chi connectivity index (χ4n) is 8.32. The predicted octanol–water partition coefficient (Wildman–Crippen LogP) is 15.1. The van der Waals surface area contributed by atoms with Crippen molar-refractivity contribution in [2.45, 2.75) is 0 Å². The number of para-hydroxylation sites is 1. The summed E-state index contributed by atoms with van der Waals surface area (Å²) in [4.78, 5) is 14.8. The minimum Gasteiger partial charge on any atom is -0.456 e. The van der Waals surface area contributed by atoms with Crippen LogP contribution in [0.25, 0.3) is 112 Å². The Hall–Kier alpha value is -8.21. The molecule has 2 aromatic heterocycles. The van der Waals surface area contributed by atoms with Gasteiger partial charge >= 0.3 is 0 Å². The van der Waals surface area contributed by atoms with Crippen LogP contribution in [0.3, 0.4) is 0 Å². The van der Waals surface area contributed by atoms with Gasteiger partial charge < -0.3 is 4.42 Å². The van der Waals surface area contributed by atoms with Crippen LogP contribution in [-0.4, -0.2) is 15.0 Å². The molecule has 4 heteroatoms. The summed E-state index contributed by atoms with van der Waals surface area (Å²) in [6.45, 7) is 0. The third kappa shape index (κ3) is 6.96. The third-order valence-electron chi connectivity index (χ3n) is 11.3. The summed E-state index contributed by atoms with van der Waals surface area (Å²) in [6.07, 6.45) is 0. The van der Waals surface area contributed by atoms with Gasteiger partial charge in [-0.2, -0.15) is 0 Å². The lowest BCUT2D eigenvalue weighted by Crippen LogP contribution is -2.00. The first-order valence-electron chi connectivity index (χ1n) is 20.5. The van der Waals surface area contributed by atoms with Gasteiger partial charge in [-0.15, -0.1) is 0 Å². The summed E-state index contributed by atoms with van der Waals surface area (Å²) < 4.78 is 6.43. The van der Waals surface area contributed by atoms with Crippen molar-refractivity contribution in [1.82, 2.24) is 15.0 Å². The summed E-state index contributed by atoms with van der Waals surface area (Å²) in [5, 5.41) is 2.24. The van der Waals surface area contributed by atoms with Crippen LogP contribution in [0.1, 0.15) is 0 Å². The Morgan fingerprint density at radius 2 is 0.656 bits per heavy atom. The van der Waals surface area contributed by atoms with E-state index in [4.69, 9.17) is 19.4 Å². The molecule has 0 amide bonds. The second-order valence-corrected chi connectivity index (χ2v) is 15.2. The SMILES string of the molecule is c1ccc(-c2cc(-c3cccc(-c4ccc(-c5nc(-c6ccccc6)nc(-c6ccccc6)n5)cc4)c3)c(-c3ccccc3)c(-c3ccc4c(c3)oc3ccccc34)c2)cc1. The lowest BCUT2D eigenvalue weighted by Gasteiger charge is -2.19. The van der Waals surface area contributed by atoms with E-state index in [0.717, 1.165) is 88.7 Å². The van der Waals surface area contributed by atoms with Gasteiger partial charge in [-0.25, -0.2) is 15.0 Å². The largest absolute Gasteiger partial charge is 0.456 e. The van der Waals surface area contributed by atoms with Gasteiger partial charge in [-0.05, 0) is 92.0 Å². The first kappa shape index (κ1) is 35.9. The van der Waals surface area contributed by atoms with E-state index in [1.165, 1.54) is 5.56 Å². The summed E-state index contributed by atoms with van der Waals surface area (Å²) in [5.74, 6) is 1.92. The summed E-state index contributed by atoms with van der Waals surface area (Å²) in [6, 6.07) is 78.5. The van der Waals surface area contributed by atoms with Crippen molar-refractivity contribution in [2.24, 2.45) is 0 Å². The van der Waals surface area contributed by atoms with Crippen LogP contribution in [0.4, 0.5) is 0 Å². The molecule has 0 bridgehead atoms. The molecule has 0 aliphatic heterocycles. The average Bonchev–Trinajstić information content (AvgIpc) is 3.73. The Morgan fingerprint density at radius 3 is 1.26 bits per heavy atom. The lowest BCUT2D eigenvalue weighted by atomic mass is 9.84. The number of nitrogens with zero attached hydrogens (tertiary/aromatic N) is 3. The number of fused-ring (bicyclic) bond motifs is 3. The van der Waals surface area contributed by atoms with Crippen LogP contribution in [0, 0.1) is 0 Å². The molecule has 11 aromatic rings. The number of furan rings is 1. The molecule has 0 spiro atoms. The topological polar surface area (TPSA) is 51.8 Å². The number of rotatable bonds is 8. The molecule has 0 aliphatic rings. The van der Waals surface area contributed by atoms with Gasteiger partial charge in [-0.3, -0.25) is 0 Å². The zero-order chi connectivity index (χ0) is 40.5. The van der Waals surface area contributed by atoms with Crippen molar-refractivity contribution in [3.05, 3.63) is 224 Å². The van der Waals surface area contributed by atoms with Crippen molar-refractivity contribution in [2.75, 3.05) is 0 Å². The molecule has 0 saturated carbocycles. The van der Waals surface area contributed by atoms with Crippen LogP contribution < -0.4 is 0 Å². The Labute approximate surface area is 354 Å². The molecule has 0 N–H and O–H groups in total. The highest BCUT2D eigenvalue weighted by atomic mass is 16.3. The molecule has 61 heavy (non-hydrogen) atoms. The van der Waals surface area contributed by atoms with E-state index < -0.39 is 0 Å². The van der Waals surface area contributed by atoms with Gasteiger partial charge in [0.2, 0.25) is 0 Å². The first-order valence-corrected chi connectivity index (χ1v) is 20.5. The highest BCUT2D eigenvalue weighted by Crippen LogP contribution is 2.45. The molecule has 2 heterocycles. The molecule has 9 aromatic carbocycles. The summed E-state index contributed by atoms with van der Waals surface area (Å²) in [7, 11) is 0. The third-order valence-corrected chi connectivity index (χ3v) is 11.3. The van der Waals surface area contributed by atoms with Gasteiger partial charge in [-0.1, -0.05) is 188 Å². The molecule has 11 rings (SSSR count). The van der Waals surface area contributed by atoms with E-state index in [9.17, 15) is 0 Å². The highest BCUT2D eigenvalue weighted by molar-refractivity contribution is 6.07. The van der Waals surface area contributed by atoms with E-state index in [-0.39, 0.29) is 0 Å². The maximum atomic E-state index is 6.43. The van der Waals surface area contributed by atoms with E-state index >= 15 is 0 Å². The molecule has 0 saturated heterocycles. The number of benzene rings is 9. The normalized spacial score (nSPS) is 11.3. The molecule has 4 nitrogen and oxygen atoms in total. The van der Waals surface area contributed by atoms with Crippen LogP contribution >= 0.6 is 0 Å². The molecular formula is C57H37N3O. The van der Waals surface area contributed by atoms with E-state index in [0.29, 0.717) is 17.5 Å². The number of aromatic nitrogens is 3. The molecule has 0 fully saturated rings. The molecular weight excluding hydrogens is 743 g/mol. The Morgan fingerprint density at radius 1 is 0.246 bits per heavy atom. The Bertz CT molecular complexity index is 3270. The molecule has 0 radical (unpaired) electrons. The van der Waals surface area contributed by atoms with Crippen LogP contribution in [-0.2, 0) is 0 Å². The summed E-state index contributed by atoms with van der Waals surface area (Å²) in [5.41, 5.74) is 15.9. The van der Waals surface area contributed by atoms with Crippen molar-refractivity contribution in [3.63, 3.8) is 0 Å². The predicted molar refractivity (Wildman–Crippen MR) is 251 cm³/mol. The number of hydrogen-bond donors (Lipinski definition) is 0. The van der Waals surface area contributed by atoms with Crippen molar-refractivity contribution >= 4 is 21.9 Å². The number of hydrogen-bond acceptors (Lipinski definition) is 4. The molecule has 0 aliphatic carbocycles. The van der Waals surface area contributed by atoms with Gasteiger partial charge in [0.25, 0.3) is 0 Å². The summed E-state index contributed by atoms with van der Waals surface area (Å²) >= 11 is 0. The van der Waals surface area contributed by atoms with E-state index in [1.807, 2.05) is 72.8 Å². The maximum absolute atomic E-state index is 6.43. The second-order valence-electron chi connectivity index (χ2n) is 15.2. The average molecular weight is 780 g/mol. The first-order chi connectivity index (χ1) is 30.2. The minimum absolute atomic E-state index is 0.631. The van der Waals surface area contributed by atoms with Gasteiger partial charge in [0.15, 0.2) is 17.5 Å². The van der Waals surface area contributed by atoms with E-state index in [2.05, 4.69) is 152 Å². The lowest BCUT2D eigenvalue weighted by molar-refractivity contribution is 0.669. The monoisotopic (exact) mass is 779 g/mol. The highest BCUT2D eigenvalue weighted by Gasteiger charge is 2.19. The van der Waals surface area contributed by atoms with Gasteiger partial charge in [0.05, 0.1) is 0 Å². The standard InChI is InChI=1S/C57H37N3O/c1-5-16-38(17-6-1)47-35-50(54(40-18-7-2-8-19-40)51(36-47)46-32-33-49-48-26-13-14-27-52(48)61-53(49)37-46)45-25-15-24-44(34-45)39-28-30-43(31-29-39)57-59-55(41-20-9-3-10-21-41)58-56(60-57)42-22-11-4-12-23-42/h1-37H. The Balaban J connectivity index is 1.04. The van der Waals surface area contributed by atoms with E-state index in [1.54, 1.807) is 0 Å². The van der Waals surface area contributed by atoms with Crippen molar-refractivity contribution < 1.29 is 4.42 Å². The molecule has 0 unspecified atom stereocenters. The fourth-order valence-corrected chi connectivity index (χ4v) is 8.32. The fraction of sp³-hybridized carbons (Fsp3) is 0. The maximum Gasteiger partial charge on any atom is 0.164 e. The van der Waals surface area contributed by atoms with Crippen LogP contribution in [0.2, 0.25) is 0 Å². The quantitative estimate of drug-likeness (QED) is 0.154. The van der Waals surface area contributed by atoms with Gasteiger partial charge in [0.1, 0.15) is 11.2 Å². The second kappa shape index (κ2) is 15.5. The zero-order valence-electron chi connectivity index (χ0n) is 33.1. The zero-order valence-corrected chi connectivity index (χ0v) is 33.1. The van der Waals surface area contributed by atoms with Crippen LogP contribution in [0.15, 0.2) is 229 Å². The van der Waals surface area contributed by atoms with Crippen LogP contribution in [0.5, 0.6) is 0 Å². The smallest absolute Gasteiger partial charge is 0.164 e. The van der Waals surface area contributed by atoms with Gasteiger partial charge in [0, 0.05) is 27.5 Å². The van der Waals surface area contributed by atoms with Crippen molar-refractivity contribution in [1.29, 1.82) is 0 Å². The Kier molecular flexibility index (Phi) is 9.14. The molecule has 0 atom stereocenters. The van der Waals surface area contributed by atoms with Crippen molar-refractivity contribution in [3.8, 4) is 89.8 Å². The molecule has 286 valence electrons. The minimum atomic E-state index is 0.631.